The monoisotopic (exact) mass is 333 g/mol. The standard InChI is InChI=1S/C18H24FN3O2/c19-15-6-2-1-5-14(15)18(24)22-11-8-13(9-12-22)21-17(23)16-7-3-4-10-20-16/h1-2,5-6,13,16,20H,3-4,7-12H2,(H,21,23). The molecule has 2 saturated heterocycles. The first-order chi connectivity index (χ1) is 11.6. The van der Waals surface area contributed by atoms with E-state index in [1.54, 1.807) is 17.0 Å². The van der Waals surface area contributed by atoms with Crippen LogP contribution in [0.3, 0.4) is 0 Å². The molecule has 1 aromatic carbocycles. The lowest BCUT2D eigenvalue weighted by atomic mass is 10.0. The molecule has 0 saturated carbocycles. The van der Waals surface area contributed by atoms with Crippen molar-refractivity contribution in [2.45, 2.75) is 44.2 Å². The summed E-state index contributed by atoms with van der Waals surface area (Å²) < 4.78 is 13.7. The van der Waals surface area contributed by atoms with Gasteiger partial charge in [-0.3, -0.25) is 9.59 Å². The Morgan fingerprint density at radius 3 is 2.54 bits per heavy atom. The fraction of sp³-hybridized carbons (Fsp3) is 0.556. The molecule has 2 N–H and O–H groups in total. The third-order valence-corrected chi connectivity index (χ3v) is 4.86. The summed E-state index contributed by atoms with van der Waals surface area (Å²) in [7, 11) is 0. The van der Waals surface area contributed by atoms with Gasteiger partial charge in [0.05, 0.1) is 11.6 Å². The summed E-state index contributed by atoms with van der Waals surface area (Å²) in [5, 5.41) is 6.33. The van der Waals surface area contributed by atoms with E-state index in [1.165, 1.54) is 12.1 Å². The van der Waals surface area contributed by atoms with Crippen molar-refractivity contribution in [1.29, 1.82) is 0 Å². The molecule has 1 atom stereocenters. The maximum absolute atomic E-state index is 13.7. The van der Waals surface area contributed by atoms with Crippen molar-refractivity contribution in [2.75, 3.05) is 19.6 Å². The van der Waals surface area contributed by atoms with Gasteiger partial charge in [0.1, 0.15) is 5.82 Å². The molecule has 0 aromatic heterocycles. The third kappa shape index (κ3) is 3.93. The lowest BCUT2D eigenvalue weighted by molar-refractivity contribution is -0.124. The largest absolute Gasteiger partial charge is 0.352 e. The summed E-state index contributed by atoms with van der Waals surface area (Å²) in [6.45, 7) is 1.97. The predicted molar refractivity (Wildman–Crippen MR) is 89.1 cm³/mol. The Morgan fingerprint density at radius 1 is 1.12 bits per heavy atom. The predicted octanol–water partition coefficient (Wildman–Crippen LogP) is 1.69. The van der Waals surface area contributed by atoms with Crippen LogP contribution >= 0.6 is 0 Å². The van der Waals surface area contributed by atoms with E-state index in [2.05, 4.69) is 10.6 Å². The number of likely N-dealkylation sites (tertiary alicyclic amines) is 1. The van der Waals surface area contributed by atoms with Crippen molar-refractivity contribution >= 4 is 11.8 Å². The zero-order chi connectivity index (χ0) is 16.9. The molecule has 0 spiro atoms. The SMILES string of the molecule is O=C(NC1CCN(C(=O)c2ccccc2F)CC1)C1CCCCN1. The molecule has 6 heteroatoms. The summed E-state index contributed by atoms with van der Waals surface area (Å²) >= 11 is 0. The molecule has 3 rings (SSSR count). The van der Waals surface area contributed by atoms with Crippen LogP contribution in [0.25, 0.3) is 0 Å². The van der Waals surface area contributed by atoms with Crippen molar-refractivity contribution in [3.8, 4) is 0 Å². The number of nitrogens with one attached hydrogen (secondary N) is 2. The Morgan fingerprint density at radius 2 is 1.88 bits per heavy atom. The number of amides is 2. The van der Waals surface area contributed by atoms with Gasteiger partial charge in [0.2, 0.25) is 5.91 Å². The summed E-state index contributed by atoms with van der Waals surface area (Å²) in [5.41, 5.74) is 0.117. The quantitative estimate of drug-likeness (QED) is 0.885. The molecule has 1 aromatic rings. The second kappa shape index (κ2) is 7.75. The minimum atomic E-state index is -0.485. The first-order valence-electron chi connectivity index (χ1n) is 8.72. The Balaban J connectivity index is 1.49. The van der Waals surface area contributed by atoms with Crippen molar-refractivity contribution < 1.29 is 14.0 Å². The molecule has 5 nitrogen and oxygen atoms in total. The van der Waals surface area contributed by atoms with Gasteiger partial charge in [-0.1, -0.05) is 18.6 Å². The summed E-state index contributed by atoms with van der Waals surface area (Å²) in [6.07, 6.45) is 4.51. The molecule has 2 fully saturated rings. The van der Waals surface area contributed by atoms with Gasteiger partial charge in [-0.05, 0) is 44.4 Å². The van der Waals surface area contributed by atoms with Gasteiger partial charge in [-0.15, -0.1) is 0 Å². The van der Waals surface area contributed by atoms with Crippen LogP contribution in [0.2, 0.25) is 0 Å². The number of hydrogen-bond acceptors (Lipinski definition) is 3. The number of carbonyl (C=O) groups is 2. The van der Waals surface area contributed by atoms with Gasteiger partial charge in [0.15, 0.2) is 0 Å². The highest BCUT2D eigenvalue weighted by atomic mass is 19.1. The van der Waals surface area contributed by atoms with E-state index in [0.717, 1.165) is 25.8 Å². The second-order valence-corrected chi connectivity index (χ2v) is 6.56. The molecule has 130 valence electrons. The number of halogens is 1. The Bertz CT molecular complexity index is 594. The molecule has 2 aliphatic rings. The zero-order valence-corrected chi connectivity index (χ0v) is 13.8. The summed E-state index contributed by atoms with van der Waals surface area (Å²) in [5.74, 6) is -0.693. The van der Waals surface area contributed by atoms with Crippen LogP contribution in [-0.4, -0.2) is 48.4 Å². The highest BCUT2D eigenvalue weighted by Gasteiger charge is 2.28. The van der Waals surface area contributed by atoms with E-state index >= 15 is 0 Å². The van der Waals surface area contributed by atoms with Gasteiger partial charge < -0.3 is 15.5 Å². The maximum Gasteiger partial charge on any atom is 0.256 e. The van der Waals surface area contributed by atoms with Gasteiger partial charge in [0.25, 0.3) is 5.91 Å². The van der Waals surface area contributed by atoms with E-state index in [-0.39, 0.29) is 29.5 Å². The Kier molecular flexibility index (Phi) is 5.45. The number of nitrogens with zero attached hydrogens (tertiary/aromatic N) is 1. The molecule has 24 heavy (non-hydrogen) atoms. The van der Waals surface area contributed by atoms with Crippen molar-refractivity contribution in [3.63, 3.8) is 0 Å². The van der Waals surface area contributed by atoms with Crippen LogP contribution in [0.4, 0.5) is 4.39 Å². The average molecular weight is 333 g/mol. The lowest BCUT2D eigenvalue weighted by Gasteiger charge is -2.33. The van der Waals surface area contributed by atoms with Crippen molar-refractivity contribution in [1.82, 2.24) is 15.5 Å². The van der Waals surface area contributed by atoms with Crippen LogP contribution in [0, 0.1) is 5.82 Å². The van der Waals surface area contributed by atoms with Crippen LogP contribution in [-0.2, 0) is 4.79 Å². The maximum atomic E-state index is 13.7. The first kappa shape index (κ1) is 16.9. The normalized spacial score (nSPS) is 22.2. The van der Waals surface area contributed by atoms with E-state index in [1.807, 2.05) is 0 Å². The topological polar surface area (TPSA) is 61.4 Å². The summed E-state index contributed by atoms with van der Waals surface area (Å²) in [4.78, 5) is 26.3. The molecule has 0 bridgehead atoms. The fourth-order valence-electron chi connectivity index (χ4n) is 3.41. The number of hydrogen-bond donors (Lipinski definition) is 2. The minimum Gasteiger partial charge on any atom is -0.352 e. The number of rotatable bonds is 3. The van der Waals surface area contributed by atoms with E-state index in [9.17, 15) is 14.0 Å². The molecule has 0 aliphatic carbocycles. The van der Waals surface area contributed by atoms with E-state index < -0.39 is 5.82 Å². The number of piperidine rings is 2. The van der Waals surface area contributed by atoms with E-state index in [4.69, 9.17) is 0 Å². The molecular weight excluding hydrogens is 309 g/mol. The molecule has 2 amide bonds. The van der Waals surface area contributed by atoms with Crippen molar-refractivity contribution in [2.24, 2.45) is 0 Å². The number of carbonyl (C=O) groups excluding carboxylic acids is 2. The molecular formula is C18H24FN3O2. The third-order valence-electron chi connectivity index (χ3n) is 4.86. The zero-order valence-electron chi connectivity index (χ0n) is 13.8. The summed E-state index contributed by atoms with van der Waals surface area (Å²) in [6, 6.07) is 6.06. The van der Waals surface area contributed by atoms with Crippen molar-refractivity contribution in [3.05, 3.63) is 35.6 Å². The molecule has 1 unspecified atom stereocenters. The van der Waals surface area contributed by atoms with E-state index in [0.29, 0.717) is 25.9 Å². The highest BCUT2D eigenvalue weighted by molar-refractivity contribution is 5.94. The molecule has 0 radical (unpaired) electrons. The van der Waals surface area contributed by atoms with Crippen LogP contribution in [0.15, 0.2) is 24.3 Å². The second-order valence-electron chi connectivity index (χ2n) is 6.56. The molecule has 2 aliphatic heterocycles. The first-order valence-corrected chi connectivity index (χ1v) is 8.72. The van der Waals surface area contributed by atoms with Gasteiger partial charge in [0, 0.05) is 19.1 Å². The van der Waals surface area contributed by atoms with Crippen LogP contribution in [0.5, 0.6) is 0 Å². The van der Waals surface area contributed by atoms with Gasteiger partial charge >= 0.3 is 0 Å². The Labute approximate surface area is 141 Å². The number of benzene rings is 1. The smallest absolute Gasteiger partial charge is 0.256 e. The van der Waals surface area contributed by atoms with Crippen LogP contribution < -0.4 is 10.6 Å². The van der Waals surface area contributed by atoms with Crippen LogP contribution in [0.1, 0.15) is 42.5 Å². The Hall–Kier alpha value is -1.95. The van der Waals surface area contributed by atoms with Gasteiger partial charge in [-0.2, -0.15) is 0 Å². The highest BCUT2D eigenvalue weighted by Crippen LogP contribution is 2.16. The lowest BCUT2D eigenvalue weighted by Crippen LogP contribution is -2.52. The minimum absolute atomic E-state index is 0.0635. The van der Waals surface area contributed by atoms with Gasteiger partial charge in [-0.25, -0.2) is 4.39 Å². The molecule has 2 heterocycles. The average Bonchev–Trinajstić information content (AvgIpc) is 2.63. The fourth-order valence-corrected chi connectivity index (χ4v) is 3.41.